The Bertz CT molecular complexity index is 455. The van der Waals surface area contributed by atoms with Crippen molar-refractivity contribution in [2.45, 2.75) is 6.42 Å². The molecule has 0 saturated carbocycles. The van der Waals surface area contributed by atoms with Crippen molar-refractivity contribution in [3.8, 4) is 5.75 Å². The van der Waals surface area contributed by atoms with E-state index in [-0.39, 0.29) is 5.69 Å². The molecule has 0 aromatic heterocycles. The summed E-state index contributed by atoms with van der Waals surface area (Å²) in [5.74, 6) is -0.786. The van der Waals surface area contributed by atoms with Crippen molar-refractivity contribution in [2.24, 2.45) is 0 Å². The van der Waals surface area contributed by atoms with Crippen molar-refractivity contribution in [3.63, 3.8) is 0 Å². The van der Waals surface area contributed by atoms with Crippen LogP contribution >= 0.6 is 0 Å². The number of rotatable bonds is 6. The second-order valence-electron chi connectivity index (χ2n) is 3.22. The number of hydrogen-bond donors (Lipinski definition) is 1. The number of nitrogens with zero attached hydrogens (tertiary/aromatic N) is 1. The van der Waals surface area contributed by atoms with Crippen LogP contribution in [0, 0.1) is 10.1 Å². The third kappa shape index (κ3) is 3.60. The molecule has 1 aromatic rings. The molecule has 0 spiro atoms. The van der Waals surface area contributed by atoms with Crippen LogP contribution < -0.4 is 4.74 Å². The van der Waals surface area contributed by atoms with Crippen molar-refractivity contribution in [2.75, 3.05) is 6.61 Å². The van der Waals surface area contributed by atoms with Gasteiger partial charge in [-0.05, 0) is 12.5 Å². The van der Waals surface area contributed by atoms with Gasteiger partial charge >= 0.3 is 5.97 Å². The third-order valence-corrected chi connectivity index (χ3v) is 1.97. The van der Waals surface area contributed by atoms with E-state index in [1.165, 1.54) is 18.2 Å². The van der Waals surface area contributed by atoms with Gasteiger partial charge in [-0.25, -0.2) is 4.79 Å². The van der Waals surface area contributed by atoms with Crippen molar-refractivity contribution < 1.29 is 19.6 Å². The van der Waals surface area contributed by atoms with Gasteiger partial charge in [-0.15, -0.1) is 6.58 Å². The molecule has 0 unspecified atom stereocenters. The van der Waals surface area contributed by atoms with Gasteiger partial charge in [-0.2, -0.15) is 0 Å². The Labute approximate surface area is 97.3 Å². The number of carbonyl (C=O) groups is 1. The van der Waals surface area contributed by atoms with Gasteiger partial charge in [-0.1, -0.05) is 6.08 Å². The Morgan fingerprint density at radius 2 is 2.29 bits per heavy atom. The van der Waals surface area contributed by atoms with E-state index >= 15 is 0 Å². The topological polar surface area (TPSA) is 89.7 Å². The van der Waals surface area contributed by atoms with Gasteiger partial charge in [0.25, 0.3) is 5.69 Å². The predicted molar refractivity (Wildman–Crippen MR) is 60.1 cm³/mol. The fraction of sp³-hybridized carbons (Fsp3) is 0.182. The molecule has 1 rings (SSSR count). The number of allylic oxidation sites excluding steroid dienone is 1. The summed E-state index contributed by atoms with van der Waals surface area (Å²) in [4.78, 5) is 20.4. The summed E-state index contributed by atoms with van der Waals surface area (Å²) in [6.07, 6.45) is 1.93. The summed E-state index contributed by atoms with van der Waals surface area (Å²) >= 11 is 0. The zero-order valence-corrected chi connectivity index (χ0v) is 8.96. The number of carboxylic acid groups (broad SMARTS) is 1. The van der Waals surface area contributed by atoms with E-state index < -0.39 is 17.5 Å². The van der Waals surface area contributed by atoms with Crippen molar-refractivity contribution in [1.82, 2.24) is 0 Å². The van der Waals surface area contributed by atoms with Gasteiger partial charge in [0, 0.05) is 17.7 Å². The maximum absolute atomic E-state index is 10.6. The van der Waals surface area contributed by atoms with Gasteiger partial charge in [-0.3, -0.25) is 10.1 Å². The molecule has 0 heterocycles. The second-order valence-corrected chi connectivity index (χ2v) is 3.22. The van der Waals surface area contributed by atoms with Crippen LogP contribution in [0.4, 0.5) is 5.69 Å². The molecule has 0 saturated heterocycles. The maximum Gasteiger partial charge on any atom is 0.341 e. The lowest BCUT2D eigenvalue weighted by Crippen LogP contribution is -2.10. The molecule has 17 heavy (non-hydrogen) atoms. The van der Waals surface area contributed by atoms with Crippen molar-refractivity contribution in [1.29, 1.82) is 0 Å². The van der Waals surface area contributed by atoms with Crippen molar-refractivity contribution >= 4 is 11.7 Å². The van der Waals surface area contributed by atoms with E-state index in [0.29, 0.717) is 17.7 Å². The largest absolute Gasteiger partial charge is 0.482 e. The van der Waals surface area contributed by atoms with Gasteiger partial charge < -0.3 is 9.84 Å². The first kappa shape index (κ1) is 12.7. The summed E-state index contributed by atoms with van der Waals surface area (Å²) in [6.45, 7) is 3.04. The highest BCUT2D eigenvalue weighted by molar-refractivity contribution is 5.68. The number of benzene rings is 1. The van der Waals surface area contributed by atoms with Crippen LogP contribution in [-0.2, 0) is 11.2 Å². The van der Waals surface area contributed by atoms with Crippen LogP contribution in [-0.4, -0.2) is 22.6 Å². The monoisotopic (exact) mass is 237 g/mol. The second kappa shape index (κ2) is 5.64. The summed E-state index contributed by atoms with van der Waals surface area (Å²) in [7, 11) is 0. The Morgan fingerprint density at radius 1 is 1.59 bits per heavy atom. The molecule has 0 aliphatic carbocycles. The third-order valence-electron chi connectivity index (χ3n) is 1.97. The summed E-state index contributed by atoms with van der Waals surface area (Å²) in [5.41, 5.74) is 0.472. The smallest absolute Gasteiger partial charge is 0.341 e. The molecule has 6 heteroatoms. The number of carboxylic acids is 1. The van der Waals surface area contributed by atoms with E-state index in [1.54, 1.807) is 6.08 Å². The van der Waals surface area contributed by atoms with Gasteiger partial charge in [0.2, 0.25) is 0 Å². The van der Waals surface area contributed by atoms with Crippen LogP contribution in [0.3, 0.4) is 0 Å². The molecule has 0 fully saturated rings. The Hall–Kier alpha value is -2.37. The highest BCUT2D eigenvalue weighted by atomic mass is 16.6. The van der Waals surface area contributed by atoms with Gasteiger partial charge in [0.1, 0.15) is 5.75 Å². The highest BCUT2D eigenvalue weighted by Gasteiger charge is 2.11. The van der Waals surface area contributed by atoms with E-state index in [9.17, 15) is 14.9 Å². The quantitative estimate of drug-likeness (QED) is 0.462. The van der Waals surface area contributed by atoms with Crippen LogP contribution in [0.2, 0.25) is 0 Å². The first-order valence-electron chi connectivity index (χ1n) is 4.77. The molecule has 0 radical (unpaired) electrons. The average molecular weight is 237 g/mol. The average Bonchev–Trinajstić information content (AvgIpc) is 2.27. The number of ether oxygens (including phenoxy) is 1. The number of nitro groups is 1. The molecule has 0 amide bonds. The minimum Gasteiger partial charge on any atom is -0.482 e. The normalized spacial score (nSPS) is 9.65. The summed E-state index contributed by atoms with van der Waals surface area (Å²) in [5, 5.41) is 19.1. The minimum atomic E-state index is -1.10. The van der Waals surface area contributed by atoms with Crippen LogP contribution in [0.5, 0.6) is 5.75 Å². The van der Waals surface area contributed by atoms with Gasteiger partial charge in [0.15, 0.2) is 6.61 Å². The molecule has 6 nitrogen and oxygen atoms in total. The molecule has 0 atom stereocenters. The maximum atomic E-state index is 10.6. The first-order chi connectivity index (χ1) is 8.04. The Balaban J connectivity index is 2.99. The van der Waals surface area contributed by atoms with Crippen LogP contribution in [0.25, 0.3) is 0 Å². The fourth-order valence-electron chi connectivity index (χ4n) is 1.27. The Morgan fingerprint density at radius 3 is 2.82 bits per heavy atom. The highest BCUT2D eigenvalue weighted by Crippen LogP contribution is 2.24. The lowest BCUT2D eigenvalue weighted by Gasteiger charge is -2.08. The number of hydrogen-bond acceptors (Lipinski definition) is 4. The minimum absolute atomic E-state index is 0.0653. The molecule has 1 N–H and O–H groups in total. The van der Waals surface area contributed by atoms with Crippen LogP contribution in [0.15, 0.2) is 30.9 Å². The molecule has 0 bridgehead atoms. The van der Waals surface area contributed by atoms with E-state index in [0.717, 1.165) is 0 Å². The van der Waals surface area contributed by atoms with Crippen LogP contribution in [0.1, 0.15) is 5.56 Å². The SMILES string of the molecule is C=CCc1cc([N+](=O)[O-])ccc1OCC(=O)O. The number of aliphatic carboxylic acids is 1. The lowest BCUT2D eigenvalue weighted by atomic mass is 10.1. The standard InChI is InChI=1S/C11H11NO5/c1-2-3-8-6-9(12(15)16)4-5-10(8)17-7-11(13)14/h2,4-6H,1,3,7H2,(H,13,14). The molecular formula is C11H11NO5. The lowest BCUT2D eigenvalue weighted by molar-refractivity contribution is -0.384. The molecule has 0 aliphatic heterocycles. The van der Waals surface area contributed by atoms with E-state index in [2.05, 4.69) is 6.58 Å². The zero-order chi connectivity index (χ0) is 12.8. The first-order valence-corrected chi connectivity index (χ1v) is 4.77. The molecule has 0 aliphatic rings. The van der Waals surface area contributed by atoms with E-state index in [4.69, 9.17) is 9.84 Å². The fourth-order valence-corrected chi connectivity index (χ4v) is 1.27. The number of non-ortho nitro benzene ring substituents is 1. The number of nitro benzene ring substituents is 1. The Kier molecular flexibility index (Phi) is 4.21. The van der Waals surface area contributed by atoms with Crippen molar-refractivity contribution in [3.05, 3.63) is 46.5 Å². The molecule has 1 aromatic carbocycles. The summed E-state index contributed by atoms with van der Waals surface area (Å²) in [6, 6.07) is 4.00. The van der Waals surface area contributed by atoms with Gasteiger partial charge in [0.05, 0.1) is 4.92 Å². The predicted octanol–water partition coefficient (Wildman–Crippen LogP) is 1.79. The molecular weight excluding hydrogens is 226 g/mol. The summed E-state index contributed by atoms with van der Waals surface area (Å²) < 4.78 is 5.02. The van der Waals surface area contributed by atoms with E-state index in [1.807, 2.05) is 0 Å². The zero-order valence-electron chi connectivity index (χ0n) is 8.96. The molecule has 90 valence electrons.